The van der Waals surface area contributed by atoms with E-state index in [9.17, 15) is 19.2 Å². The van der Waals surface area contributed by atoms with Crippen molar-refractivity contribution in [1.29, 1.82) is 0 Å². The third kappa shape index (κ3) is 6.64. The second-order valence-electron chi connectivity index (χ2n) is 11.7. The minimum Gasteiger partial charge on any atom is -0.464 e. The predicted molar refractivity (Wildman–Crippen MR) is 136 cm³/mol. The largest absolute Gasteiger partial charge is 0.464 e. The van der Waals surface area contributed by atoms with Crippen molar-refractivity contribution in [3.8, 4) is 0 Å². The summed E-state index contributed by atoms with van der Waals surface area (Å²) in [5.74, 6) is -1.19. The first-order valence-corrected chi connectivity index (χ1v) is 13.7. The number of carbonyl (C=O) groups is 4. The maximum atomic E-state index is 13.9. The molecule has 4 aliphatic rings. The molecule has 2 aliphatic heterocycles. The summed E-state index contributed by atoms with van der Waals surface area (Å²) in [6, 6.07) is -1.14. The average molecular weight is 519 g/mol. The van der Waals surface area contributed by atoms with Gasteiger partial charge >= 0.3 is 12.1 Å². The van der Waals surface area contributed by atoms with Gasteiger partial charge < -0.3 is 25.0 Å². The number of ether oxygens (including phenoxy) is 2. The summed E-state index contributed by atoms with van der Waals surface area (Å²) in [6.07, 6.45) is 8.96. The molecule has 10 nitrogen and oxygen atoms in total. The Kier molecular flexibility index (Phi) is 8.16. The molecule has 0 radical (unpaired) electrons. The summed E-state index contributed by atoms with van der Waals surface area (Å²) in [7, 11) is 0. The third-order valence-electron chi connectivity index (χ3n) is 7.49. The molecular formula is C27H42N4O6. The van der Waals surface area contributed by atoms with E-state index in [-0.39, 0.29) is 24.3 Å². The van der Waals surface area contributed by atoms with E-state index >= 15 is 0 Å². The summed E-state index contributed by atoms with van der Waals surface area (Å²) in [6.45, 7) is 8.89. The molecule has 0 aromatic rings. The number of carbonyl (C=O) groups excluding carboxylic acids is 4. The van der Waals surface area contributed by atoms with E-state index in [0.717, 1.165) is 32.2 Å². The van der Waals surface area contributed by atoms with Gasteiger partial charge in [-0.25, -0.2) is 9.59 Å². The summed E-state index contributed by atoms with van der Waals surface area (Å²) in [5, 5.41) is 5.76. The number of alkyl carbamates (subject to hydrolysis) is 1. The first-order valence-electron chi connectivity index (χ1n) is 13.7. The Morgan fingerprint density at radius 3 is 2.59 bits per heavy atom. The Morgan fingerprint density at radius 1 is 1.16 bits per heavy atom. The minimum absolute atomic E-state index is 0.118. The van der Waals surface area contributed by atoms with Crippen molar-refractivity contribution in [2.45, 2.75) is 102 Å². The van der Waals surface area contributed by atoms with Gasteiger partial charge in [0.1, 0.15) is 23.2 Å². The molecule has 0 aromatic heterocycles. The number of hydrogen-bond acceptors (Lipinski definition) is 7. The monoisotopic (exact) mass is 518 g/mol. The van der Waals surface area contributed by atoms with E-state index in [4.69, 9.17) is 9.47 Å². The number of allylic oxidation sites excluding steroid dienone is 1. The molecule has 10 heteroatoms. The fourth-order valence-electron chi connectivity index (χ4n) is 5.42. The molecule has 3 amide bonds. The van der Waals surface area contributed by atoms with Gasteiger partial charge in [-0.2, -0.15) is 0 Å². The van der Waals surface area contributed by atoms with Crippen LogP contribution in [0, 0.1) is 5.92 Å². The number of fused-ring (bicyclic) bond motifs is 2. The van der Waals surface area contributed by atoms with Gasteiger partial charge in [0, 0.05) is 25.0 Å². The van der Waals surface area contributed by atoms with E-state index < -0.39 is 35.3 Å². The Balaban J connectivity index is 1.59. The lowest BCUT2D eigenvalue weighted by Gasteiger charge is -2.33. The Morgan fingerprint density at radius 2 is 1.92 bits per heavy atom. The van der Waals surface area contributed by atoms with Gasteiger partial charge in [-0.05, 0) is 79.2 Å². The Bertz CT molecular complexity index is 926. The molecule has 4 atom stereocenters. The van der Waals surface area contributed by atoms with Gasteiger partial charge in [-0.3, -0.25) is 14.5 Å². The van der Waals surface area contributed by atoms with Gasteiger partial charge in [-0.1, -0.05) is 12.2 Å². The Hall–Kier alpha value is -2.62. The predicted octanol–water partition coefficient (Wildman–Crippen LogP) is 2.12. The molecule has 2 N–H and O–H groups in total. The van der Waals surface area contributed by atoms with Gasteiger partial charge in [0.05, 0.1) is 6.61 Å². The molecule has 3 fully saturated rings. The quantitative estimate of drug-likeness (QED) is 0.432. The molecule has 37 heavy (non-hydrogen) atoms. The molecular weight excluding hydrogens is 476 g/mol. The van der Waals surface area contributed by atoms with E-state index in [1.807, 2.05) is 6.08 Å². The second-order valence-corrected chi connectivity index (χ2v) is 11.7. The smallest absolute Gasteiger partial charge is 0.408 e. The molecule has 4 rings (SSSR count). The number of esters is 1. The highest BCUT2D eigenvalue weighted by atomic mass is 16.6. The zero-order valence-electron chi connectivity index (χ0n) is 22.6. The van der Waals surface area contributed by atoms with Gasteiger partial charge in [-0.15, -0.1) is 0 Å². The average Bonchev–Trinajstić information content (AvgIpc) is 3.72. The first kappa shape index (κ1) is 27.4. The van der Waals surface area contributed by atoms with Crippen molar-refractivity contribution in [2.75, 3.05) is 26.2 Å². The molecule has 2 heterocycles. The van der Waals surface area contributed by atoms with Crippen molar-refractivity contribution < 1.29 is 28.7 Å². The second kappa shape index (κ2) is 11.0. The van der Waals surface area contributed by atoms with Crippen LogP contribution >= 0.6 is 0 Å². The molecule has 1 saturated heterocycles. The molecule has 2 saturated carbocycles. The highest BCUT2D eigenvalue weighted by Gasteiger charge is 2.62. The van der Waals surface area contributed by atoms with E-state index in [1.165, 1.54) is 0 Å². The van der Waals surface area contributed by atoms with E-state index in [0.29, 0.717) is 38.4 Å². The van der Waals surface area contributed by atoms with Crippen LogP contribution in [0.2, 0.25) is 0 Å². The van der Waals surface area contributed by atoms with Crippen molar-refractivity contribution in [3.63, 3.8) is 0 Å². The minimum atomic E-state index is -1.07. The zero-order valence-corrected chi connectivity index (χ0v) is 22.6. The van der Waals surface area contributed by atoms with Gasteiger partial charge in [0.25, 0.3) is 0 Å². The molecule has 206 valence electrons. The van der Waals surface area contributed by atoms with Crippen LogP contribution in [-0.2, 0) is 23.9 Å². The van der Waals surface area contributed by atoms with Crippen LogP contribution in [0.4, 0.5) is 4.79 Å². The first-order chi connectivity index (χ1) is 17.5. The molecule has 0 aromatic carbocycles. The van der Waals surface area contributed by atoms with Gasteiger partial charge in [0.15, 0.2) is 0 Å². The summed E-state index contributed by atoms with van der Waals surface area (Å²) < 4.78 is 10.8. The highest BCUT2D eigenvalue weighted by molar-refractivity contribution is 5.96. The Labute approximate surface area is 219 Å². The highest BCUT2D eigenvalue weighted by Crippen LogP contribution is 2.46. The molecule has 2 aliphatic carbocycles. The topological polar surface area (TPSA) is 117 Å². The van der Waals surface area contributed by atoms with Crippen molar-refractivity contribution in [3.05, 3.63) is 12.2 Å². The van der Waals surface area contributed by atoms with Crippen LogP contribution in [0.1, 0.15) is 72.6 Å². The van der Waals surface area contributed by atoms with Crippen LogP contribution in [0.15, 0.2) is 12.2 Å². The van der Waals surface area contributed by atoms with Crippen LogP contribution < -0.4 is 10.6 Å². The molecule has 0 bridgehead atoms. The third-order valence-corrected chi connectivity index (χ3v) is 7.49. The van der Waals surface area contributed by atoms with Crippen LogP contribution in [0.25, 0.3) is 0 Å². The van der Waals surface area contributed by atoms with Crippen molar-refractivity contribution in [1.82, 2.24) is 20.4 Å². The number of hydrogen-bond donors (Lipinski definition) is 2. The number of nitrogens with zero attached hydrogens (tertiary/aromatic N) is 2. The summed E-state index contributed by atoms with van der Waals surface area (Å²) in [5.41, 5.74) is -1.77. The lowest BCUT2D eigenvalue weighted by molar-refractivity contribution is -0.150. The summed E-state index contributed by atoms with van der Waals surface area (Å²) in [4.78, 5) is 56.7. The molecule has 0 spiro atoms. The molecule has 1 unspecified atom stereocenters. The fraction of sp³-hybridized carbons (Fsp3) is 0.778. The van der Waals surface area contributed by atoms with E-state index in [2.05, 4.69) is 21.6 Å². The number of nitrogens with one attached hydrogen (secondary N) is 2. The zero-order chi connectivity index (χ0) is 26.8. The maximum Gasteiger partial charge on any atom is 0.408 e. The lowest BCUT2D eigenvalue weighted by Crippen LogP contribution is -2.59. The van der Waals surface area contributed by atoms with Crippen molar-refractivity contribution in [2.24, 2.45) is 5.92 Å². The number of rotatable bonds is 4. The SMILES string of the molecule is CCOC(=O)[C@@]12CC1/C=C\CCCN(C1CC1)C[C@H](NC(=O)OC(C)(C)C)C(=O)N1CCC[C@H]1C(=O)N2. The van der Waals surface area contributed by atoms with Crippen LogP contribution in [0.5, 0.6) is 0 Å². The number of amides is 3. The fourth-order valence-corrected chi connectivity index (χ4v) is 5.42. The standard InChI is InChI=1S/C27H42N4O6/c1-5-36-24(34)27-16-18(27)10-7-6-8-14-30(19-12-13-19)17-20(28-25(35)37-26(2,3)4)23(33)31-15-9-11-21(31)22(32)29-27/h7,10,18-21H,5-6,8-9,11-17H2,1-4H3,(H,28,35)(H,29,32)/b10-7-/t18?,20-,21-,27+/m0/s1. The maximum absolute atomic E-state index is 13.9. The van der Waals surface area contributed by atoms with Crippen LogP contribution in [-0.4, -0.2) is 89.2 Å². The normalized spacial score (nSPS) is 32.2. The van der Waals surface area contributed by atoms with E-state index in [1.54, 1.807) is 32.6 Å². The lowest BCUT2D eigenvalue weighted by atomic mass is 10.1. The van der Waals surface area contributed by atoms with Crippen LogP contribution in [0.3, 0.4) is 0 Å². The van der Waals surface area contributed by atoms with Crippen molar-refractivity contribution >= 4 is 23.9 Å². The summed E-state index contributed by atoms with van der Waals surface area (Å²) >= 11 is 0. The van der Waals surface area contributed by atoms with Gasteiger partial charge in [0.2, 0.25) is 11.8 Å².